The highest BCUT2D eigenvalue weighted by molar-refractivity contribution is 6.11. The molecular formula is C24H20N4O3. The van der Waals surface area contributed by atoms with Gasteiger partial charge in [-0.2, -0.15) is 5.10 Å². The zero-order chi connectivity index (χ0) is 21.6. The number of para-hydroxylation sites is 1. The lowest BCUT2D eigenvalue weighted by atomic mass is 9.93. The molecule has 0 fully saturated rings. The highest BCUT2D eigenvalue weighted by atomic mass is 16.3. The SMILES string of the molecule is CCC1(O)C(=O)N(c2cncc(Cc3n[nH]c(=O)c4ccccc34)c2)c2ccccc21. The van der Waals surface area contributed by atoms with Gasteiger partial charge < -0.3 is 5.11 Å². The molecule has 3 heterocycles. The van der Waals surface area contributed by atoms with Gasteiger partial charge in [-0.15, -0.1) is 0 Å². The van der Waals surface area contributed by atoms with Gasteiger partial charge in [0, 0.05) is 23.6 Å². The summed E-state index contributed by atoms with van der Waals surface area (Å²) in [6.07, 6.45) is 4.03. The number of hydrogen-bond acceptors (Lipinski definition) is 5. The Hall–Kier alpha value is -3.84. The van der Waals surface area contributed by atoms with Crippen LogP contribution in [0.4, 0.5) is 11.4 Å². The summed E-state index contributed by atoms with van der Waals surface area (Å²) in [6.45, 7) is 1.79. The van der Waals surface area contributed by atoms with Gasteiger partial charge >= 0.3 is 0 Å². The summed E-state index contributed by atoms with van der Waals surface area (Å²) in [5.74, 6) is -0.386. The lowest BCUT2D eigenvalue weighted by Crippen LogP contribution is -2.37. The molecule has 154 valence electrons. The monoisotopic (exact) mass is 412 g/mol. The van der Waals surface area contributed by atoms with Crippen LogP contribution in [0.1, 0.15) is 30.2 Å². The van der Waals surface area contributed by atoms with Gasteiger partial charge in [0.2, 0.25) is 0 Å². The lowest BCUT2D eigenvalue weighted by Gasteiger charge is -2.22. The molecule has 0 aliphatic carbocycles. The molecule has 2 N–H and O–H groups in total. The average Bonchev–Trinajstić information content (AvgIpc) is 3.03. The maximum atomic E-state index is 13.2. The number of aliphatic hydroxyl groups is 1. The summed E-state index contributed by atoms with van der Waals surface area (Å²) in [5.41, 5.74) is 1.59. The molecule has 0 radical (unpaired) electrons. The minimum Gasteiger partial charge on any atom is -0.375 e. The number of aromatic amines is 1. The first kappa shape index (κ1) is 19.1. The van der Waals surface area contributed by atoms with Crippen LogP contribution in [0, 0.1) is 0 Å². The third-order valence-electron chi connectivity index (χ3n) is 5.84. The molecule has 2 aromatic carbocycles. The number of nitrogens with one attached hydrogen (secondary N) is 1. The van der Waals surface area contributed by atoms with Crippen molar-refractivity contribution in [2.75, 3.05) is 4.90 Å². The van der Waals surface area contributed by atoms with Crippen molar-refractivity contribution < 1.29 is 9.90 Å². The summed E-state index contributed by atoms with van der Waals surface area (Å²) < 4.78 is 0. The van der Waals surface area contributed by atoms with Gasteiger partial charge in [0.1, 0.15) is 0 Å². The fourth-order valence-corrected chi connectivity index (χ4v) is 4.22. The van der Waals surface area contributed by atoms with Gasteiger partial charge in [-0.1, -0.05) is 43.3 Å². The molecular weight excluding hydrogens is 392 g/mol. The Morgan fingerprint density at radius 3 is 2.58 bits per heavy atom. The molecule has 0 spiro atoms. The van der Waals surface area contributed by atoms with E-state index in [0.717, 1.165) is 10.9 Å². The van der Waals surface area contributed by atoms with Gasteiger partial charge in [-0.25, -0.2) is 5.10 Å². The number of benzene rings is 2. The molecule has 1 aliphatic rings. The largest absolute Gasteiger partial charge is 0.375 e. The Bertz CT molecular complexity index is 1380. The summed E-state index contributed by atoms with van der Waals surface area (Å²) in [6, 6.07) is 16.4. The number of pyridine rings is 1. The van der Waals surface area contributed by atoms with Crippen molar-refractivity contribution in [1.29, 1.82) is 0 Å². The van der Waals surface area contributed by atoms with E-state index in [-0.39, 0.29) is 17.9 Å². The van der Waals surface area contributed by atoms with Gasteiger partial charge in [-0.05, 0) is 30.2 Å². The van der Waals surface area contributed by atoms with E-state index in [1.807, 2.05) is 42.5 Å². The van der Waals surface area contributed by atoms with Crippen molar-refractivity contribution in [3.8, 4) is 0 Å². The van der Waals surface area contributed by atoms with Crippen molar-refractivity contribution in [3.05, 3.63) is 94.2 Å². The fraction of sp³-hybridized carbons (Fsp3) is 0.167. The van der Waals surface area contributed by atoms with Crippen LogP contribution in [0.5, 0.6) is 0 Å². The zero-order valence-corrected chi connectivity index (χ0v) is 16.9. The number of carbonyl (C=O) groups excluding carboxylic acids is 1. The summed E-state index contributed by atoms with van der Waals surface area (Å²) >= 11 is 0. The second-order valence-corrected chi connectivity index (χ2v) is 7.64. The minimum absolute atomic E-state index is 0.232. The molecule has 2 aromatic heterocycles. The Morgan fingerprint density at radius 1 is 1.03 bits per heavy atom. The Balaban J connectivity index is 1.56. The summed E-state index contributed by atoms with van der Waals surface area (Å²) in [5, 5.41) is 19.2. The highest BCUT2D eigenvalue weighted by Crippen LogP contribution is 2.45. The molecule has 0 saturated heterocycles. The van der Waals surface area contributed by atoms with E-state index in [9.17, 15) is 14.7 Å². The molecule has 0 saturated carbocycles. The number of rotatable bonds is 4. The average molecular weight is 412 g/mol. The number of H-pyrrole nitrogens is 1. The predicted octanol–water partition coefficient (Wildman–Crippen LogP) is 3.18. The van der Waals surface area contributed by atoms with Crippen molar-refractivity contribution in [2.24, 2.45) is 0 Å². The van der Waals surface area contributed by atoms with Crippen LogP contribution in [0.3, 0.4) is 0 Å². The molecule has 0 bridgehead atoms. The standard InChI is InChI=1S/C24H20N4O3/c1-2-24(31)19-9-5-6-10-21(19)28(23(24)30)16-11-15(13-25-14-16)12-20-17-7-3-4-8-18(17)22(29)27-26-20/h3-11,13-14,31H,2,12H2,1H3,(H,27,29). The van der Waals surface area contributed by atoms with Crippen LogP contribution in [-0.2, 0) is 16.8 Å². The number of nitrogens with zero attached hydrogens (tertiary/aromatic N) is 3. The van der Waals surface area contributed by atoms with Crippen LogP contribution in [-0.4, -0.2) is 26.2 Å². The maximum Gasteiger partial charge on any atom is 0.272 e. The number of aromatic nitrogens is 3. The van der Waals surface area contributed by atoms with Crippen LogP contribution in [0.25, 0.3) is 10.8 Å². The molecule has 1 atom stereocenters. The van der Waals surface area contributed by atoms with Crippen LogP contribution < -0.4 is 10.5 Å². The summed E-state index contributed by atoms with van der Waals surface area (Å²) in [7, 11) is 0. The third kappa shape index (κ3) is 2.93. The highest BCUT2D eigenvalue weighted by Gasteiger charge is 2.48. The number of amides is 1. The Labute approximate surface area is 178 Å². The van der Waals surface area contributed by atoms with E-state index in [4.69, 9.17) is 0 Å². The molecule has 1 aliphatic heterocycles. The van der Waals surface area contributed by atoms with E-state index in [1.54, 1.807) is 31.5 Å². The quantitative estimate of drug-likeness (QED) is 0.536. The molecule has 5 rings (SSSR count). The third-order valence-corrected chi connectivity index (χ3v) is 5.84. The van der Waals surface area contributed by atoms with Gasteiger partial charge in [0.05, 0.1) is 28.7 Å². The predicted molar refractivity (Wildman–Crippen MR) is 117 cm³/mol. The van der Waals surface area contributed by atoms with Crippen molar-refractivity contribution in [3.63, 3.8) is 0 Å². The zero-order valence-electron chi connectivity index (χ0n) is 16.9. The van der Waals surface area contributed by atoms with E-state index in [0.29, 0.717) is 34.4 Å². The summed E-state index contributed by atoms with van der Waals surface area (Å²) in [4.78, 5) is 31.1. The van der Waals surface area contributed by atoms with Crippen LogP contribution >= 0.6 is 0 Å². The number of carbonyl (C=O) groups is 1. The lowest BCUT2D eigenvalue weighted by molar-refractivity contribution is -0.135. The molecule has 31 heavy (non-hydrogen) atoms. The van der Waals surface area contributed by atoms with Crippen LogP contribution in [0.2, 0.25) is 0 Å². The van der Waals surface area contributed by atoms with Crippen molar-refractivity contribution >= 4 is 28.1 Å². The van der Waals surface area contributed by atoms with Crippen molar-refractivity contribution in [1.82, 2.24) is 15.2 Å². The Kier molecular flexibility index (Phi) is 4.41. The number of anilines is 2. The minimum atomic E-state index is -1.55. The second kappa shape index (κ2) is 7.14. The topological polar surface area (TPSA) is 99.2 Å². The van der Waals surface area contributed by atoms with Gasteiger partial charge in [-0.3, -0.25) is 19.5 Å². The van der Waals surface area contributed by atoms with E-state index in [2.05, 4.69) is 15.2 Å². The first-order valence-corrected chi connectivity index (χ1v) is 10.1. The Morgan fingerprint density at radius 2 is 1.77 bits per heavy atom. The smallest absolute Gasteiger partial charge is 0.272 e. The normalized spacial score (nSPS) is 17.9. The van der Waals surface area contributed by atoms with Crippen molar-refractivity contribution in [2.45, 2.75) is 25.4 Å². The number of fused-ring (bicyclic) bond motifs is 2. The van der Waals surface area contributed by atoms with E-state index in [1.165, 1.54) is 4.90 Å². The fourth-order valence-electron chi connectivity index (χ4n) is 4.22. The number of hydrogen-bond donors (Lipinski definition) is 2. The first-order chi connectivity index (χ1) is 15.0. The van der Waals surface area contributed by atoms with Gasteiger partial charge in [0.15, 0.2) is 5.60 Å². The van der Waals surface area contributed by atoms with E-state index < -0.39 is 5.60 Å². The molecule has 7 nitrogen and oxygen atoms in total. The molecule has 1 unspecified atom stereocenters. The van der Waals surface area contributed by atoms with Crippen LogP contribution in [0.15, 0.2) is 71.8 Å². The molecule has 4 aromatic rings. The molecule has 7 heteroatoms. The molecule has 1 amide bonds. The van der Waals surface area contributed by atoms with E-state index >= 15 is 0 Å². The second-order valence-electron chi connectivity index (χ2n) is 7.64. The maximum absolute atomic E-state index is 13.2. The first-order valence-electron chi connectivity index (χ1n) is 10.1. The van der Waals surface area contributed by atoms with Gasteiger partial charge in [0.25, 0.3) is 11.5 Å².